The van der Waals surface area contributed by atoms with Crippen molar-refractivity contribution in [3.8, 4) is 0 Å². The number of carbonyl (C=O) groups is 1. The maximum absolute atomic E-state index is 13.4. The summed E-state index contributed by atoms with van der Waals surface area (Å²) in [5.41, 5.74) is -0.0560. The van der Waals surface area contributed by atoms with Crippen LogP contribution in [0.25, 0.3) is 0 Å². The molecular formula is C13H15ClFNO3S. The van der Waals surface area contributed by atoms with E-state index in [9.17, 15) is 17.6 Å². The summed E-state index contributed by atoms with van der Waals surface area (Å²) in [6, 6.07) is 2.83. The molecule has 0 unspecified atom stereocenters. The van der Waals surface area contributed by atoms with Crippen LogP contribution in [0.15, 0.2) is 35.7 Å². The number of carbonyl (C=O) groups excluding carboxylic acids is 1. The fourth-order valence-electron chi connectivity index (χ4n) is 1.71. The number of benzene rings is 1. The van der Waals surface area contributed by atoms with Crippen LogP contribution in [0.5, 0.6) is 0 Å². The van der Waals surface area contributed by atoms with Crippen molar-refractivity contribution in [3.63, 3.8) is 0 Å². The van der Waals surface area contributed by atoms with E-state index in [1.165, 1.54) is 4.90 Å². The number of hydrogen-bond acceptors (Lipinski definition) is 3. The van der Waals surface area contributed by atoms with E-state index in [4.69, 9.17) is 10.7 Å². The van der Waals surface area contributed by atoms with Crippen molar-refractivity contribution in [1.29, 1.82) is 0 Å². The van der Waals surface area contributed by atoms with Gasteiger partial charge in [-0.2, -0.15) is 0 Å². The Labute approximate surface area is 122 Å². The van der Waals surface area contributed by atoms with E-state index in [-0.39, 0.29) is 5.56 Å². The van der Waals surface area contributed by atoms with E-state index in [0.717, 1.165) is 24.6 Å². The van der Waals surface area contributed by atoms with Crippen molar-refractivity contribution in [2.24, 2.45) is 0 Å². The van der Waals surface area contributed by atoms with Gasteiger partial charge in [-0.05, 0) is 24.6 Å². The average molecular weight is 320 g/mol. The van der Waals surface area contributed by atoms with Gasteiger partial charge in [0.05, 0.1) is 4.90 Å². The maximum Gasteiger partial charge on any atom is 0.261 e. The molecule has 1 rings (SSSR count). The molecule has 0 aliphatic heterocycles. The molecule has 0 N–H and O–H groups in total. The molecule has 0 aliphatic carbocycles. The number of hydrogen-bond donors (Lipinski definition) is 0. The van der Waals surface area contributed by atoms with Crippen LogP contribution < -0.4 is 0 Å². The van der Waals surface area contributed by atoms with E-state index in [1.54, 1.807) is 6.08 Å². The summed E-state index contributed by atoms with van der Waals surface area (Å²) >= 11 is 0. The molecule has 0 atom stereocenters. The van der Waals surface area contributed by atoms with Crippen molar-refractivity contribution in [2.45, 2.75) is 18.2 Å². The van der Waals surface area contributed by atoms with Crippen LogP contribution in [0.2, 0.25) is 0 Å². The Kier molecular flexibility index (Phi) is 5.71. The van der Waals surface area contributed by atoms with E-state index in [1.807, 2.05) is 6.92 Å². The van der Waals surface area contributed by atoms with E-state index in [2.05, 4.69) is 6.58 Å². The Bertz CT molecular complexity index is 616. The van der Waals surface area contributed by atoms with Crippen molar-refractivity contribution in [3.05, 3.63) is 42.2 Å². The van der Waals surface area contributed by atoms with Crippen LogP contribution >= 0.6 is 10.7 Å². The van der Waals surface area contributed by atoms with Gasteiger partial charge in [0.1, 0.15) is 5.82 Å². The summed E-state index contributed by atoms with van der Waals surface area (Å²) in [6.45, 7) is 6.20. The van der Waals surface area contributed by atoms with Crippen LogP contribution in [-0.4, -0.2) is 32.3 Å². The van der Waals surface area contributed by atoms with Crippen LogP contribution in [0.3, 0.4) is 0 Å². The molecule has 0 bridgehead atoms. The predicted octanol–water partition coefficient (Wildman–Crippen LogP) is 2.79. The van der Waals surface area contributed by atoms with Crippen LogP contribution in [-0.2, 0) is 9.05 Å². The number of nitrogens with zero attached hydrogens (tertiary/aromatic N) is 1. The topological polar surface area (TPSA) is 54.5 Å². The SMILES string of the molecule is C=CCN(CCC)C(=O)c1cc(F)cc(S(=O)(=O)Cl)c1. The third-order valence-corrected chi connectivity index (χ3v) is 3.86. The van der Waals surface area contributed by atoms with Crippen molar-refractivity contribution < 1.29 is 17.6 Å². The molecule has 0 saturated carbocycles. The molecular weight excluding hydrogens is 305 g/mol. The quantitative estimate of drug-likeness (QED) is 0.598. The summed E-state index contributed by atoms with van der Waals surface area (Å²) in [6.07, 6.45) is 2.27. The Morgan fingerprint density at radius 3 is 2.60 bits per heavy atom. The van der Waals surface area contributed by atoms with Crippen LogP contribution in [0.4, 0.5) is 4.39 Å². The molecule has 0 spiro atoms. The van der Waals surface area contributed by atoms with Crippen LogP contribution in [0, 0.1) is 5.82 Å². The minimum atomic E-state index is -4.09. The van der Waals surface area contributed by atoms with Gasteiger partial charge in [0.2, 0.25) is 0 Å². The molecule has 0 aliphatic rings. The first-order valence-electron chi connectivity index (χ1n) is 5.95. The molecule has 1 aromatic carbocycles. The second-order valence-electron chi connectivity index (χ2n) is 4.15. The summed E-state index contributed by atoms with van der Waals surface area (Å²) in [7, 11) is 1.08. The standard InChI is InChI=1S/C13H15ClFNO3S/c1-3-5-16(6-4-2)13(17)10-7-11(15)9-12(8-10)20(14,18)19/h3,7-9H,1,4-6H2,2H3. The van der Waals surface area contributed by atoms with Gasteiger partial charge in [0.15, 0.2) is 0 Å². The Morgan fingerprint density at radius 1 is 1.45 bits per heavy atom. The highest BCUT2D eigenvalue weighted by Crippen LogP contribution is 2.19. The van der Waals surface area contributed by atoms with E-state index >= 15 is 0 Å². The lowest BCUT2D eigenvalue weighted by Gasteiger charge is -2.20. The second kappa shape index (κ2) is 6.85. The average Bonchev–Trinajstić information content (AvgIpc) is 2.36. The van der Waals surface area contributed by atoms with Crippen LogP contribution in [0.1, 0.15) is 23.7 Å². The zero-order valence-electron chi connectivity index (χ0n) is 11.0. The first-order chi connectivity index (χ1) is 9.29. The molecule has 0 fully saturated rings. The first-order valence-corrected chi connectivity index (χ1v) is 8.26. The maximum atomic E-state index is 13.4. The van der Waals surface area contributed by atoms with Gasteiger partial charge >= 0.3 is 0 Å². The van der Waals surface area contributed by atoms with Gasteiger partial charge in [-0.3, -0.25) is 4.79 Å². The minimum absolute atomic E-state index is 0.0560. The minimum Gasteiger partial charge on any atom is -0.335 e. The largest absolute Gasteiger partial charge is 0.335 e. The summed E-state index contributed by atoms with van der Waals surface area (Å²) in [5, 5.41) is 0. The molecule has 7 heteroatoms. The normalized spacial score (nSPS) is 11.2. The third kappa shape index (κ3) is 4.31. The lowest BCUT2D eigenvalue weighted by Crippen LogP contribution is -2.32. The molecule has 1 aromatic rings. The van der Waals surface area contributed by atoms with Gasteiger partial charge in [-0.15, -0.1) is 6.58 Å². The monoisotopic (exact) mass is 319 g/mol. The smallest absolute Gasteiger partial charge is 0.261 e. The second-order valence-corrected chi connectivity index (χ2v) is 6.72. The molecule has 0 aromatic heterocycles. The fourth-order valence-corrected chi connectivity index (χ4v) is 2.50. The zero-order chi connectivity index (χ0) is 15.3. The van der Waals surface area contributed by atoms with E-state index < -0.39 is 25.7 Å². The zero-order valence-corrected chi connectivity index (χ0v) is 12.5. The number of rotatable bonds is 6. The predicted molar refractivity (Wildman–Crippen MR) is 75.8 cm³/mol. The Morgan fingerprint density at radius 2 is 2.10 bits per heavy atom. The molecule has 0 heterocycles. The lowest BCUT2D eigenvalue weighted by molar-refractivity contribution is 0.0773. The fraction of sp³-hybridized carbons (Fsp3) is 0.308. The van der Waals surface area contributed by atoms with Gasteiger partial charge in [0, 0.05) is 29.3 Å². The molecule has 1 amide bonds. The van der Waals surface area contributed by atoms with Gasteiger partial charge < -0.3 is 4.90 Å². The molecule has 20 heavy (non-hydrogen) atoms. The molecule has 0 saturated heterocycles. The number of amides is 1. The van der Waals surface area contributed by atoms with Crippen molar-refractivity contribution >= 4 is 25.6 Å². The van der Waals surface area contributed by atoms with Crippen molar-refractivity contribution in [2.75, 3.05) is 13.1 Å². The highest BCUT2D eigenvalue weighted by molar-refractivity contribution is 8.13. The highest BCUT2D eigenvalue weighted by atomic mass is 35.7. The van der Waals surface area contributed by atoms with Crippen molar-refractivity contribution in [1.82, 2.24) is 4.90 Å². The van der Waals surface area contributed by atoms with E-state index in [0.29, 0.717) is 13.1 Å². The Balaban J connectivity index is 3.21. The Hall–Kier alpha value is -1.40. The third-order valence-electron chi connectivity index (χ3n) is 2.53. The molecule has 4 nitrogen and oxygen atoms in total. The number of halogens is 2. The van der Waals surface area contributed by atoms with Gasteiger partial charge in [-0.1, -0.05) is 13.0 Å². The summed E-state index contributed by atoms with van der Waals surface area (Å²) in [5.74, 6) is -1.29. The summed E-state index contributed by atoms with van der Waals surface area (Å²) in [4.78, 5) is 13.2. The summed E-state index contributed by atoms with van der Waals surface area (Å²) < 4.78 is 35.9. The van der Waals surface area contributed by atoms with Gasteiger partial charge in [-0.25, -0.2) is 12.8 Å². The molecule has 110 valence electrons. The lowest BCUT2D eigenvalue weighted by atomic mass is 10.2. The first kappa shape index (κ1) is 16.7. The molecule has 0 radical (unpaired) electrons. The van der Waals surface area contributed by atoms with Gasteiger partial charge in [0.25, 0.3) is 15.0 Å². The highest BCUT2D eigenvalue weighted by Gasteiger charge is 2.19.